The summed E-state index contributed by atoms with van der Waals surface area (Å²) in [7, 11) is 0. The predicted octanol–water partition coefficient (Wildman–Crippen LogP) is 2.90. The fourth-order valence-corrected chi connectivity index (χ4v) is 3.69. The number of hydrogen-bond donors (Lipinski definition) is 0. The van der Waals surface area contributed by atoms with Gasteiger partial charge in [0.25, 0.3) is 0 Å². The third-order valence-electron chi connectivity index (χ3n) is 4.58. The lowest BCUT2D eigenvalue weighted by Gasteiger charge is -2.29. The van der Waals surface area contributed by atoms with Crippen LogP contribution in [0.15, 0.2) is 0 Å². The Balaban J connectivity index is 1.81. The second-order valence-corrected chi connectivity index (χ2v) is 5.82. The van der Waals surface area contributed by atoms with Crippen LogP contribution in [-0.2, 0) is 0 Å². The molecule has 2 saturated carbocycles. The highest BCUT2D eigenvalue weighted by Gasteiger charge is 2.39. The fraction of sp³-hybridized carbons (Fsp3) is 0.929. The van der Waals surface area contributed by atoms with E-state index in [0.29, 0.717) is 0 Å². The molecule has 0 aromatic carbocycles. The summed E-state index contributed by atoms with van der Waals surface area (Å²) in [4.78, 5) is 2.49. The summed E-state index contributed by atoms with van der Waals surface area (Å²) in [5.74, 6) is 3.17. The van der Waals surface area contributed by atoms with Gasteiger partial charge >= 0.3 is 0 Å². The van der Waals surface area contributed by atoms with Gasteiger partial charge in [0, 0.05) is 13.1 Å². The van der Waals surface area contributed by atoms with Gasteiger partial charge in [-0.05, 0) is 50.5 Å². The molecule has 0 aromatic rings. The third-order valence-corrected chi connectivity index (χ3v) is 4.58. The van der Waals surface area contributed by atoms with Crippen LogP contribution in [0, 0.1) is 35.0 Å². The van der Waals surface area contributed by atoms with Crippen LogP contribution in [0.5, 0.6) is 0 Å². The summed E-state index contributed by atoms with van der Waals surface area (Å²) >= 11 is 0. The summed E-state index contributed by atoms with van der Waals surface area (Å²) in [5.41, 5.74) is 0. The molecule has 2 heteroatoms. The van der Waals surface area contributed by atoms with Crippen LogP contribution in [0.3, 0.4) is 0 Å². The van der Waals surface area contributed by atoms with E-state index in [0.717, 1.165) is 30.8 Å². The molecule has 2 aliphatic carbocycles. The molecule has 2 rings (SSSR count). The lowest BCUT2D eigenvalue weighted by atomic mass is 9.88. The molecule has 2 nitrogen and oxygen atoms in total. The molecular weight excluding hydrogens is 196 g/mol. The molecule has 2 fully saturated rings. The summed E-state index contributed by atoms with van der Waals surface area (Å²) in [6, 6.07) is 2.35. The van der Waals surface area contributed by atoms with E-state index in [1.54, 1.807) is 0 Å². The number of hydrogen-bond acceptors (Lipinski definition) is 2. The zero-order valence-electron chi connectivity index (χ0n) is 10.7. The molecule has 0 aliphatic heterocycles. The monoisotopic (exact) mass is 220 g/mol. The van der Waals surface area contributed by atoms with Crippen molar-refractivity contribution in [3.8, 4) is 6.07 Å². The minimum absolute atomic E-state index is 0.179. The molecule has 16 heavy (non-hydrogen) atoms. The zero-order valence-corrected chi connectivity index (χ0v) is 10.7. The van der Waals surface area contributed by atoms with E-state index in [1.807, 2.05) is 6.92 Å². The second kappa shape index (κ2) is 5.19. The largest absolute Gasteiger partial charge is 0.302 e. The van der Waals surface area contributed by atoms with Gasteiger partial charge in [-0.25, -0.2) is 0 Å². The van der Waals surface area contributed by atoms with Gasteiger partial charge in [0.1, 0.15) is 0 Å². The molecule has 0 heterocycles. The maximum Gasteiger partial charge on any atom is 0.0666 e. The van der Waals surface area contributed by atoms with Crippen LogP contribution in [0.1, 0.15) is 39.5 Å². The highest BCUT2D eigenvalue weighted by molar-refractivity contribution is 4.91. The number of nitrogens with zero attached hydrogens (tertiary/aromatic N) is 2. The quantitative estimate of drug-likeness (QED) is 0.712. The summed E-state index contributed by atoms with van der Waals surface area (Å²) < 4.78 is 0. The van der Waals surface area contributed by atoms with Crippen molar-refractivity contribution in [1.29, 1.82) is 5.26 Å². The van der Waals surface area contributed by atoms with Crippen LogP contribution >= 0.6 is 0 Å². The molecule has 0 radical (unpaired) electrons. The van der Waals surface area contributed by atoms with E-state index in [-0.39, 0.29) is 5.92 Å². The Morgan fingerprint density at radius 2 is 2.19 bits per heavy atom. The van der Waals surface area contributed by atoms with Crippen molar-refractivity contribution in [1.82, 2.24) is 4.90 Å². The van der Waals surface area contributed by atoms with Crippen LogP contribution < -0.4 is 0 Å². The Morgan fingerprint density at radius 1 is 1.38 bits per heavy atom. The lowest BCUT2D eigenvalue weighted by Crippen LogP contribution is -2.34. The highest BCUT2D eigenvalue weighted by Crippen LogP contribution is 2.48. The van der Waals surface area contributed by atoms with Crippen molar-refractivity contribution >= 4 is 0 Å². The molecule has 2 aliphatic rings. The van der Waals surface area contributed by atoms with Crippen molar-refractivity contribution in [3.63, 3.8) is 0 Å². The van der Waals surface area contributed by atoms with Crippen molar-refractivity contribution in [2.45, 2.75) is 39.5 Å². The predicted molar refractivity (Wildman–Crippen MR) is 65.8 cm³/mol. The first-order valence-corrected chi connectivity index (χ1v) is 6.84. The summed E-state index contributed by atoms with van der Waals surface area (Å²) in [6.07, 6.45) is 5.92. The van der Waals surface area contributed by atoms with Gasteiger partial charge in [0.2, 0.25) is 0 Å². The van der Waals surface area contributed by atoms with Gasteiger partial charge in [-0.15, -0.1) is 0 Å². The van der Waals surface area contributed by atoms with Crippen molar-refractivity contribution in [3.05, 3.63) is 0 Å². The van der Waals surface area contributed by atoms with Gasteiger partial charge in [-0.3, -0.25) is 0 Å². The van der Waals surface area contributed by atoms with Crippen molar-refractivity contribution in [2.75, 3.05) is 19.6 Å². The Morgan fingerprint density at radius 3 is 2.69 bits per heavy atom. The van der Waals surface area contributed by atoms with E-state index in [4.69, 9.17) is 5.26 Å². The van der Waals surface area contributed by atoms with Gasteiger partial charge in [-0.1, -0.05) is 13.3 Å². The average Bonchev–Trinajstić information content (AvgIpc) is 2.89. The molecule has 0 spiro atoms. The standard InChI is InChI=1S/C14H24N2/c1-3-16(9-11(2)8-15)10-14-7-12-4-5-13(14)6-12/h11-14H,3-7,9-10H2,1-2H3. The third kappa shape index (κ3) is 2.58. The molecule has 0 N–H and O–H groups in total. The molecule has 4 atom stereocenters. The van der Waals surface area contributed by atoms with E-state index in [1.165, 1.54) is 32.2 Å². The van der Waals surface area contributed by atoms with Crippen LogP contribution in [0.4, 0.5) is 0 Å². The van der Waals surface area contributed by atoms with E-state index in [9.17, 15) is 0 Å². The molecular formula is C14H24N2. The highest BCUT2D eigenvalue weighted by atomic mass is 15.1. The van der Waals surface area contributed by atoms with Crippen molar-refractivity contribution in [2.24, 2.45) is 23.7 Å². The minimum Gasteiger partial charge on any atom is -0.302 e. The SMILES string of the molecule is CCN(CC(C)C#N)CC1CC2CCC1C2. The first-order valence-electron chi connectivity index (χ1n) is 6.84. The van der Waals surface area contributed by atoms with Gasteiger partial charge < -0.3 is 4.90 Å². The minimum atomic E-state index is 0.179. The summed E-state index contributed by atoms with van der Waals surface area (Å²) in [5, 5.41) is 8.87. The number of nitriles is 1. The smallest absolute Gasteiger partial charge is 0.0666 e. The lowest BCUT2D eigenvalue weighted by molar-refractivity contribution is 0.187. The topological polar surface area (TPSA) is 27.0 Å². The van der Waals surface area contributed by atoms with Gasteiger partial charge in [0.05, 0.1) is 12.0 Å². The molecule has 0 aromatic heterocycles. The van der Waals surface area contributed by atoms with Gasteiger partial charge in [-0.2, -0.15) is 5.26 Å². The van der Waals surface area contributed by atoms with Gasteiger partial charge in [0.15, 0.2) is 0 Å². The summed E-state index contributed by atoms with van der Waals surface area (Å²) in [6.45, 7) is 7.55. The Labute approximate surface area is 99.6 Å². The Kier molecular flexibility index (Phi) is 3.86. The molecule has 90 valence electrons. The molecule has 0 saturated heterocycles. The van der Waals surface area contributed by atoms with E-state index >= 15 is 0 Å². The van der Waals surface area contributed by atoms with Crippen LogP contribution in [0.2, 0.25) is 0 Å². The molecule has 0 amide bonds. The first kappa shape index (κ1) is 11.9. The maximum atomic E-state index is 8.87. The zero-order chi connectivity index (χ0) is 11.5. The maximum absolute atomic E-state index is 8.87. The normalized spacial score (nSPS) is 34.2. The van der Waals surface area contributed by atoms with E-state index in [2.05, 4.69) is 17.9 Å². The fourth-order valence-electron chi connectivity index (χ4n) is 3.69. The Hall–Kier alpha value is -0.550. The number of rotatable bonds is 5. The number of fused-ring (bicyclic) bond motifs is 2. The molecule has 4 unspecified atom stereocenters. The van der Waals surface area contributed by atoms with Crippen molar-refractivity contribution < 1.29 is 0 Å². The van der Waals surface area contributed by atoms with E-state index < -0.39 is 0 Å². The molecule has 2 bridgehead atoms. The van der Waals surface area contributed by atoms with Crippen LogP contribution in [0.25, 0.3) is 0 Å². The average molecular weight is 220 g/mol. The Bertz CT molecular complexity index is 268. The first-order chi connectivity index (χ1) is 7.72. The van der Waals surface area contributed by atoms with Crippen LogP contribution in [-0.4, -0.2) is 24.5 Å². The second-order valence-electron chi connectivity index (χ2n) is 5.82.